The zero-order valence-corrected chi connectivity index (χ0v) is 18.5. The minimum atomic E-state index is -0.325. The second-order valence-electron chi connectivity index (χ2n) is 7.65. The SMILES string of the molecule is CC(Sc1nnc(-c2ccccc2)c(-c2ccccc2)n1)C(=O)N1CCc2ccccc21. The average Bonchev–Trinajstić information content (AvgIpc) is 3.29. The van der Waals surface area contributed by atoms with Crippen LogP contribution in [0.15, 0.2) is 90.1 Å². The standard InChI is InChI=1S/C26H22N4OS/c1-18(25(31)30-17-16-19-10-8-9-15-22(19)30)32-26-27-23(20-11-4-2-5-12-20)24(28-29-26)21-13-6-3-7-14-21/h2-15,18H,16-17H2,1H3. The van der Waals surface area contributed by atoms with Crippen LogP contribution in [0.2, 0.25) is 0 Å². The molecule has 1 unspecified atom stereocenters. The van der Waals surface area contributed by atoms with Crippen molar-refractivity contribution in [2.24, 2.45) is 0 Å². The summed E-state index contributed by atoms with van der Waals surface area (Å²) in [5.41, 5.74) is 5.65. The molecule has 0 saturated heterocycles. The van der Waals surface area contributed by atoms with Crippen LogP contribution < -0.4 is 4.90 Å². The molecule has 1 amide bonds. The highest BCUT2D eigenvalue weighted by Crippen LogP contribution is 2.33. The number of carbonyl (C=O) groups is 1. The fourth-order valence-corrected chi connectivity index (χ4v) is 4.72. The minimum Gasteiger partial charge on any atom is -0.311 e. The molecular weight excluding hydrogens is 416 g/mol. The largest absolute Gasteiger partial charge is 0.311 e. The van der Waals surface area contributed by atoms with E-state index in [2.05, 4.69) is 16.3 Å². The number of hydrogen-bond acceptors (Lipinski definition) is 5. The van der Waals surface area contributed by atoms with Gasteiger partial charge in [0.05, 0.1) is 5.25 Å². The monoisotopic (exact) mass is 438 g/mol. The Morgan fingerprint density at radius 2 is 1.47 bits per heavy atom. The van der Waals surface area contributed by atoms with Gasteiger partial charge in [-0.05, 0) is 25.0 Å². The fraction of sp³-hybridized carbons (Fsp3) is 0.154. The Labute approximate surface area is 191 Å². The van der Waals surface area contributed by atoms with Gasteiger partial charge < -0.3 is 4.90 Å². The molecule has 1 atom stereocenters. The van der Waals surface area contributed by atoms with Crippen LogP contribution in [-0.2, 0) is 11.2 Å². The lowest BCUT2D eigenvalue weighted by Gasteiger charge is -2.21. The molecule has 0 spiro atoms. The molecule has 5 nitrogen and oxygen atoms in total. The van der Waals surface area contributed by atoms with E-state index in [-0.39, 0.29) is 11.2 Å². The van der Waals surface area contributed by atoms with Crippen LogP contribution >= 0.6 is 11.8 Å². The highest BCUT2D eigenvalue weighted by Gasteiger charge is 2.29. The van der Waals surface area contributed by atoms with Crippen molar-refractivity contribution in [1.82, 2.24) is 15.2 Å². The van der Waals surface area contributed by atoms with Crippen molar-refractivity contribution in [2.45, 2.75) is 23.8 Å². The van der Waals surface area contributed by atoms with Gasteiger partial charge in [-0.25, -0.2) is 4.98 Å². The predicted molar refractivity (Wildman–Crippen MR) is 129 cm³/mol. The van der Waals surface area contributed by atoms with Gasteiger partial charge in [0.15, 0.2) is 0 Å². The van der Waals surface area contributed by atoms with Crippen LogP contribution in [0, 0.1) is 0 Å². The number of benzene rings is 3. The van der Waals surface area contributed by atoms with Crippen molar-refractivity contribution in [3.05, 3.63) is 90.5 Å². The van der Waals surface area contributed by atoms with Gasteiger partial charge in [-0.15, -0.1) is 10.2 Å². The quantitative estimate of drug-likeness (QED) is 0.397. The summed E-state index contributed by atoms with van der Waals surface area (Å²) in [6, 6.07) is 28.0. The van der Waals surface area contributed by atoms with E-state index in [1.54, 1.807) is 0 Å². The number of thioether (sulfide) groups is 1. The average molecular weight is 439 g/mol. The molecule has 0 bridgehead atoms. The zero-order valence-electron chi connectivity index (χ0n) is 17.7. The van der Waals surface area contributed by atoms with Crippen molar-refractivity contribution >= 4 is 23.4 Å². The number of nitrogens with zero attached hydrogens (tertiary/aromatic N) is 4. The van der Waals surface area contributed by atoms with Crippen LogP contribution in [0.3, 0.4) is 0 Å². The number of amides is 1. The molecule has 0 fully saturated rings. The topological polar surface area (TPSA) is 59.0 Å². The summed E-state index contributed by atoms with van der Waals surface area (Å²) in [6.07, 6.45) is 0.890. The molecule has 3 aromatic carbocycles. The van der Waals surface area contributed by atoms with E-state index in [4.69, 9.17) is 4.98 Å². The van der Waals surface area contributed by atoms with Crippen LogP contribution in [0.1, 0.15) is 12.5 Å². The Balaban J connectivity index is 1.44. The highest BCUT2D eigenvalue weighted by atomic mass is 32.2. The summed E-state index contributed by atoms with van der Waals surface area (Å²) in [7, 11) is 0. The summed E-state index contributed by atoms with van der Waals surface area (Å²) in [4.78, 5) is 19.9. The molecular formula is C26H22N4OS. The van der Waals surface area contributed by atoms with Crippen LogP contribution in [0.5, 0.6) is 0 Å². The smallest absolute Gasteiger partial charge is 0.240 e. The molecule has 0 radical (unpaired) electrons. The molecule has 1 aromatic heterocycles. The van der Waals surface area contributed by atoms with Gasteiger partial charge in [0, 0.05) is 23.4 Å². The Kier molecular flexibility index (Phi) is 5.69. The van der Waals surface area contributed by atoms with Crippen molar-refractivity contribution in [3.63, 3.8) is 0 Å². The molecule has 32 heavy (non-hydrogen) atoms. The summed E-state index contributed by atoms with van der Waals surface area (Å²) in [5.74, 6) is 0.0666. The molecule has 0 N–H and O–H groups in total. The number of hydrogen-bond donors (Lipinski definition) is 0. The predicted octanol–water partition coefficient (Wildman–Crippen LogP) is 5.28. The number of para-hydroxylation sites is 1. The summed E-state index contributed by atoms with van der Waals surface area (Å²) >= 11 is 1.35. The third-order valence-corrected chi connectivity index (χ3v) is 6.48. The Morgan fingerprint density at radius 3 is 2.19 bits per heavy atom. The molecule has 6 heteroatoms. The highest BCUT2D eigenvalue weighted by molar-refractivity contribution is 8.00. The van der Waals surface area contributed by atoms with Gasteiger partial charge in [-0.3, -0.25) is 4.79 Å². The maximum Gasteiger partial charge on any atom is 0.240 e. The van der Waals surface area contributed by atoms with Crippen molar-refractivity contribution in [3.8, 4) is 22.5 Å². The van der Waals surface area contributed by atoms with Crippen LogP contribution in [-0.4, -0.2) is 32.9 Å². The van der Waals surface area contributed by atoms with Gasteiger partial charge in [0.1, 0.15) is 11.4 Å². The van der Waals surface area contributed by atoms with Crippen molar-refractivity contribution in [2.75, 3.05) is 11.4 Å². The van der Waals surface area contributed by atoms with E-state index in [1.165, 1.54) is 17.3 Å². The first kappa shape index (κ1) is 20.4. The normalized spacial score (nSPS) is 13.6. The van der Waals surface area contributed by atoms with Crippen LogP contribution in [0.4, 0.5) is 5.69 Å². The summed E-state index contributed by atoms with van der Waals surface area (Å²) in [6.45, 7) is 2.62. The second-order valence-corrected chi connectivity index (χ2v) is 8.96. The maximum atomic E-state index is 13.2. The number of carbonyl (C=O) groups excluding carboxylic acids is 1. The van der Waals surface area contributed by atoms with Gasteiger partial charge in [0.2, 0.25) is 11.1 Å². The Morgan fingerprint density at radius 1 is 0.844 bits per heavy atom. The molecule has 2 heterocycles. The molecule has 1 aliphatic rings. The lowest BCUT2D eigenvalue weighted by Crippen LogP contribution is -2.35. The minimum absolute atomic E-state index is 0.0666. The van der Waals surface area contributed by atoms with Gasteiger partial charge in [-0.2, -0.15) is 0 Å². The van der Waals surface area contributed by atoms with Crippen molar-refractivity contribution < 1.29 is 4.79 Å². The molecule has 4 aromatic rings. The van der Waals surface area contributed by atoms with E-state index in [0.717, 1.165) is 34.6 Å². The first-order chi connectivity index (χ1) is 15.7. The van der Waals surface area contributed by atoms with Crippen molar-refractivity contribution in [1.29, 1.82) is 0 Å². The summed E-state index contributed by atoms with van der Waals surface area (Å²) < 4.78 is 0. The van der Waals surface area contributed by atoms with E-state index < -0.39 is 0 Å². The molecule has 1 aliphatic heterocycles. The fourth-order valence-electron chi connectivity index (χ4n) is 3.94. The first-order valence-electron chi connectivity index (χ1n) is 10.6. The first-order valence-corrected chi connectivity index (χ1v) is 11.5. The number of aromatic nitrogens is 3. The van der Waals surface area contributed by atoms with Gasteiger partial charge >= 0.3 is 0 Å². The van der Waals surface area contributed by atoms with E-state index in [9.17, 15) is 4.79 Å². The van der Waals surface area contributed by atoms with E-state index >= 15 is 0 Å². The lowest BCUT2D eigenvalue weighted by molar-refractivity contribution is -0.117. The molecule has 5 rings (SSSR count). The van der Waals surface area contributed by atoms with Gasteiger partial charge in [0.25, 0.3) is 0 Å². The van der Waals surface area contributed by atoms with Gasteiger partial charge in [-0.1, -0.05) is 90.6 Å². The molecule has 0 aliphatic carbocycles. The van der Waals surface area contributed by atoms with E-state index in [1.807, 2.05) is 90.7 Å². The summed E-state index contributed by atoms with van der Waals surface area (Å²) in [5, 5.41) is 9.05. The number of rotatable bonds is 5. The van der Waals surface area contributed by atoms with Crippen LogP contribution in [0.25, 0.3) is 22.5 Å². The second kappa shape index (κ2) is 8.93. The molecule has 0 saturated carbocycles. The Hall–Kier alpha value is -3.51. The number of fused-ring (bicyclic) bond motifs is 1. The number of anilines is 1. The lowest BCUT2D eigenvalue weighted by atomic mass is 10.0. The third-order valence-electron chi connectivity index (χ3n) is 5.54. The molecule has 158 valence electrons. The third kappa shape index (κ3) is 4.01. The zero-order chi connectivity index (χ0) is 21.9. The Bertz CT molecular complexity index is 1250. The van der Waals surface area contributed by atoms with E-state index in [0.29, 0.717) is 11.7 Å². The maximum absolute atomic E-state index is 13.2.